The Kier molecular flexibility index (Phi) is 5.36. The number of anilines is 1. The summed E-state index contributed by atoms with van der Waals surface area (Å²) in [5, 5.41) is 2.82. The molecule has 0 aliphatic carbocycles. The van der Waals surface area contributed by atoms with E-state index in [1.807, 2.05) is 46.7 Å². The van der Waals surface area contributed by atoms with Crippen molar-refractivity contribution in [1.82, 2.24) is 14.3 Å². The normalized spacial score (nSPS) is 15.4. The molecule has 6 nitrogen and oxygen atoms in total. The van der Waals surface area contributed by atoms with Gasteiger partial charge in [-0.05, 0) is 35.7 Å². The van der Waals surface area contributed by atoms with Crippen LogP contribution in [0, 0.1) is 11.6 Å². The van der Waals surface area contributed by atoms with E-state index >= 15 is 0 Å². The summed E-state index contributed by atoms with van der Waals surface area (Å²) in [6.07, 6.45) is 0. The summed E-state index contributed by atoms with van der Waals surface area (Å²) < 4.78 is 55.2. The largest absolute Gasteiger partial charge is 0.353 e. The van der Waals surface area contributed by atoms with Crippen LogP contribution in [0.5, 0.6) is 0 Å². The molecule has 0 unspecified atom stereocenters. The van der Waals surface area contributed by atoms with Crippen LogP contribution in [0.2, 0.25) is 0 Å². The first-order valence-electron chi connectivity index (χ1n) is 9.95. The lowest BCUT2D eigenvalue weighted by molar-refractivity contribution is 0.378. The highest BCUT2D eigenvalue weighted by atomic mass is 32.2. The lowest BCUT2D eigenvalue weighted by atomic mass is 10.2. The number of hydrogen-bond donors (Lipinski definition) is 0. The Morgan fingerprint density at radius 3 is 2.25 bits per heavy atom. The maximum absolute atomic E-state index is 14.1. The van der Waals surface area contributed by atoms with Gasteiger partial charge >= 0.3 is 0 Å². The van der Waals surface area contributed by atoms with Crippen molar-refractivity contribution in [3.05, 3.63) is 71.6 Å². The average molecular weight is 473 g/mol. The molecule has 2 aromatic carbocycles. The Labute approximate surface area is 187 Å². The molecule has 164 valence electrons. The van der Waals surface area contributed by atoms with Crippen LogP contribution in [0.25, 0.3) is 21.6 Å². The highest BCUT2D eigenvalue weighted by molar-refractivity contribution is 7.89. The smallest absolute Gasteiger partial charge is 0.249 e. The predicted molar refractivity (Wildman–Crippen MR) is 120 cm³/mol. The topological polar surface area (TPSA) is 66.4 Å². The van der Waals surface area contributed by atoms with Crippen LogP contribution < -0.4 is 4.90 Å². The third kappa shape index (κ3) is 3.64. The van der Waals surface area contributed by atoms with Crippen molar-refractivity contribution in [2.24, 2.45) is 0 Å². The van der Waals surface area contributed by atoms with Crippen molar-refractivity contribution in [2.75, 3.05) is 31.1 Å². The van der Waals surface area contributed by atoms with Crippen molar-refractivity contribution in [1.29, 1.82) is 0 Å². The van der Waals surface area contributed by atoms with E-state index in [1.54, 1.807) is 11.3 Å². The fraction of sp³-hybridized carbons (Fsp3) is 0.182. The Balaban J connectivity index is 1.46. The predicted octanol–water partition coefficient (Wildman–Crippen LogP) is 4.15. The summed E-state index contributed by atoms with van der Waals surface area (Å²) in [7, 11) is -4.29. The molecule has 0 saturated carbocycles. The van der Waals surface area contributed by atoms with Crippen molar-refractivity contribution < 1.29 is 17.2 Å². The zero-order valence-corrected chi connectivity index (χ0v) is 18.4. The summed E-state index contributed by atoms with van der Waals surface area (Å²) in [5.41, 5.74) is 0.796. The Morgan fingerprint density at radius 2 is 1.56 bits per heavy atom. The molecule has 3 heterocycles. The standard InChI is InChI=1S/C22H18F2N4O2S2/c23-16-6-3-7-17(24)20(16)32(29,30)28-12-10-27(11-13-28)22-15-5-1-2-8-18(15)25-21(26-22)19-9-4-14-31-19/h1-9,14H,10-13H2. The maximum Gasteiger partial charge on any atom is 0.249 e. The summed E-state index contributed by atoms with van der Waals surface area (Å²) in [6.45, 7) is 0.839. The van der Waals surface area contributed by atoms with Crippen LogP contribution in [0.15, 0.2) is 64.9 Å². The van der Waals surface area contributed by atoms with Gasteiger partial charge in [0.2, 0.25) is 10.0 Å². The zero-order valence-electron chi connectivity index (χ0n) is 16.8. The number of aromatic nitrogens is 2. The fourth-order valence-electron chi connectivity index (χ4n) is 3.82. The third-order valence-corrected chi connectivity index (χ3v) is 8.20. The minimum absolute atomic E-state index is 0.0861. The van der Waals surface area contributed by atoms with Gasteiger partial charge in [0, 0.05) is 31.6 Å². The number of sulfonamides is 1. The number of para-hydroxylation sites is 1. The molecular weight excluding hydrogens is 454 g/mol. The Morgan fingerprint density at radius 1 is 0.844 bits per heavy atom. The molecule has 10 heteroatoms. The van der Waals surface area contributed by atoms with Gasteiger partial charge in [0.15, 0.2) is 10.7 Å². The number of piperazine rings is 1. The second-order valence-corrected chi connectivity index (χ2v) is 10.1. The van der Waals surface area contributed by atoms with Gasteiger partial charge in [0.05, 0.1) is 10.4 Å². The molecule has 4 aromatic rings. The van der Waals surface area contributed by atoms with E-state index in [4.69, 9.17) is 4.98 Å². The minimum Gasteiger partial charge on any atom is -0.353 e. The van der Waals surface area contributed by atoms with Crippen molar-refractivity contribution in [3.8, 4) is 10.7 Å². The first-order valence-corrected chi connectivity index (χ1v) is 12.3. The van der Waals surface area contributed by atoms with E-state index in [0.717, 1.165) is 38.3 Å². The number of hydrogen-bond acceptors (Lipinski definition) is 6. The molecule has 0 atom stereocenters. The molecule has 0 amide bonds. The molecule has 2 aromatic heterocycles. The van der Waals surface area contributed by atoms with Crippen LogP contribution in [0.4, 0.5) is 14.6 Å². The van der Waals surface area contributed by atoms with E-state index < -0.39 is 26.6 Å². The van der Waals surface area contributed by atoms with Gasteiger partial charge in [-0.25, -0.2) is 27.2 Å². The quantitative estimate of drug-likeness (QED) is 0.447. The van der Waals surface area contributed by atoms with Gasteiger partial charge < -0.3 is 4.90 Å². The van der Waals surface area contributed by atoms with Crippen molar-refractivity contribution in [3.63, 3.8) is 0 Å². The lowest BCUT2D eigenvalue weighted by Gasteiger charge is -2.35. The zero-order chi connectivity index (χ0) is 22.3. The number of fused-ring (bicyclic) bond motifs is 1. The first kappa shape index (κ1) is 20.9. The Hall–Kier alpha value is -2.95. The summed E-state index contributed by atoms with van der Waals surface area (Å²) in [5.74, 6) is -0.852. The van der Waals surface area contributed by atoms with E-state index in [-0.39, 0.29) is 13.1 Å². The monoisotopic (exact) mass is 472 g/mol. The van der Waals surface area contributed by atoms with E-state index in [1.165, 1.54) is 0 Å². The first-order chi connectivity index (χ1) is 15.4. The van der Waals surface area contributed by atoms with Crippen molar-refractivity contribution >= 4 is 38.1 Å². The Bertz CT molecular complexity index is 1370. The van der Waals surface area contributed by atoms with Gasteiger partial charge in [0.25, 0.3) is 0 Å². The molecule has 1 aliphatic rings. The molecule has 0 radical (unpaired) electrons. The molecule has 0 N–H and O–H groups in total. The summed E-state index contributed by atoms with van der Waals surface area (Å²) in [4.78, 5) is 11.5. The molecule has 0 spiro atoms. The van der Waals surface area contributed by atoms with E-state index in [9.17, 15) is 17.2 Å². The van der Waals surface area contributed by atoms with E-state index in [0.29, 0.717) is 24.7 Å². The van der Waals surface area contributed by atoms with Crippen LogP contribution >= 0.6 is 11.3 Å². The highest BCUT2D eigenvalue weighted by Crippen LogP contribution is 2.31. The second kappa shape index (κ2) is 8.19. The number of rotatable bonds is 4. The van der Waals surface area contributed by atoms with Gasteiger partial charge in [-0.2, -0.15) is 4.31 Å². The van der Waals surface area contributed by atoms with E-state index in [2.05, 4.69) is 4.98 Å². The molecular formula is C22H18F2N4O2S2. The molecule has 1 aliphatic heterocycles. The maximum atomic E-state index is 14.1. The van der Waals surface area contributed by atoms with Gasteiger partial charge in [-0.15, -0.1) is 11.3 Å². The van der Waals surface area contributed by atoms with Gasteiger partial charge in [-0.1, -0.05) is 24.3 Å². The molecule has 32 heavy (non-hydrogen) atoms. The molecule has 5 rings (SSSR count). The molecule has 1 saturated heterocycles. The van der Waals surface area contributed by atoms with Crippen LogP contribution in [0.3, 0.4) is 0 Å². The van der Waals surface area contributed by atoms with Crippen LogP contribution in [0.1, 0.15) is 0 Å². The van der Waals surface area contributed by atoms with Crippen LogP contribution in [-0.4, -0.2) is 48.9 Å². The molecule has 1 fully saturated rings. The lowest BCUT2D eigenvalue weighted by Crippen LogP contribution is -2.49. The van der Waals surface area contributed by atoms with Crippen molar-refractivity contribution in [2.45, 2.75) is 4.90 Å². The molecule has 0 bridgehead atoms. The summed E-state index contributed by atoms with van der Waals surface area (Å²) in [6, 6.07) is 14.6. The fourth-order valence-corrected chi connectivity index (χ4v) is 6.00. The number of halogens is 2. The van der Waals surface area contributed by atoms with Gasteiger partial charge in [0.1, 0.15) is 17.5 Å². The average Bonchev–Trinajstić information content (AvgIpc) is 3.33. The number of thiophene rings is 1. The van der Waals surface area contributed by atoms with Crippen LogP contribution in [-0.2, 0) is 10.0 Å². The SMILES string of the molecule is O=S(=O)(c1c(F)cccc1F)N1CCN(c2nc(-c3cccs3)nc3ccccc23)CC1. The number of benzene rings is 2. The second-order valence-electron chi connectivity index (χ2n) is 7.31. The minimum atomic E-state index is -4.29. The summed E-state index contributed by atoms with van der Waals surface area (Å²) >= 11 is 1.54. The number of nitrogens with zero attached hydrogens (tertiary/aromatic N) is 4. The highest BCUT2D eigenvalue weighted by Gasteiger charge is 2.33. The van der Waals surface area contributed by atoms with Gasteiger partial charge in [-0.3, -0.25) is 0 Å². The third-order valence-electron chi connectivity index (χ3n) is 5.38.